The Morgan fingerprint density at radius 3 is 2.24 bits per heavy atom. The predicted octanol–water partition coefficient (Wildman–Crippen LogP) is 2.50. The van der Waals surface area contributed by atoms with Crippen LogP contribution in [0.2, 0.25) is 0 Å². The summed E-state index contributed by atoms with van der Waals surface area (Å²) in [5.74, 6) is -0.568. The molecule has 4 rings (SSSR count). The van der Waals surface area contributed by atoms with E-state index < -0.39 is 29.4 Å². The van der Waals surface area contributed by atoms with E-state index in [9.17, 15) is 14.4 Å². The third-order valence-electron chi connectivity index (χ3n) is 6.41. The highest BCUT2D eigenvalue weighted by atomic mass is 16.2. The van der Waals surface area contributed by atoms with E-state index in [2.05, 4.69) is 15.6 Å². The highest BCUT2D eigenvalue weighted by Gasteiger charge is 2.31. The third kappa shape index (κ3) is 6.62. The van der Waals surface area contributed by atoms with E-state index in [0.717, 1.165) is 37.1 Å². The van der Waals surface area contributed by atoms with E-state index in [0.29, 0.717) is 5.82 Å². The van der Waals surface area contributed by atoms with Crippen molar-refractivity contribution < 1.29 is 14.4 Å². The van der Waals surface area contributed by atoms with Crippen molar-refractivity contribution in [2.24, 2.45) is 5.73 Å². The van der Waals surface area contributed by atoms with Gasteiger partial charge in [0, 0.05) is 25.7 Å². The second-order valence-corrected chi connectivity index (χ2v) is 9.98. The van der Waals surface area contributed by atoms with Gasteiger partial charge in [-0.3, -0.25) is 14.4 Å². The number of nitrogens with two attached hydrogens (primary N) is 1. The molecule has 1 unspecified atom stereocenters. The van der Waals surface area contributed by atoms with Crippen molar-refractivity contribution in [3.63, 3.8) is 0 Å². The number of amides is 3. The number of nitrogens with one attached hydrogen (secondary N) is 2. The SMILES string of the molecule is CC(C)(N)C(=O)N[C@H](Cc1ccccc1)C(=O)Nc1cn(C(C(=O)N2CCCC2)c2ccccc2)cn1. The summed E-state index contributed by atoms with van der Waals surface area (Å²) in [6.07, 6.45) is 5.47. The van der Waals surface area contributed by atoms with Crippen molar-refractivity contribution in [2.75, 3.05) is 18.4 Å². The summed E-state index contributed by atoms with van der Waals surface area (Å²) in [5, 5.41) is 5.57. The number of nitrogens with zero attached hydrogens (tertiary/aromatic N) is 3. The number of hydrogen-bond acceptors (Lipinski definition) is 5. The molecule has 9 heteroatoms. The monoisotopic (exact) mass is 502 g/mol. The van der Waals surface area contributed by atoms with Crippen molar-refractivity contribution >= 4 is 23.5 Å². The van der Waals surface area contributed by atoms with Crippen molar-refractivity contribution in [2.45, 2.75) is 50.7 Å². The summed E-state index contributed by atoms with van der Waals surface area (Å²) in [5.41, 5.74) is 6.54. The maximum atomic E-state index is 13.4. The molecular formula is C28H34N6O3. The molecule has 0 aliphatic carbocycles. The Bertz CT molecular complexity index is 1210. The Morgan fingerprint density at radius 1 is 1.00 bits per heavy atom. The van der Waals surface area contributed by atoms with E-state index in [4.69, 9.17) is 5.73 Å². The van der Waals surface area contributed by atoms with Crippen molar-refractivity contribution in [3.8, 4) is 0 Å². The second kappa shape index (κ2) is 11.4. The number of benzene rings is 2. The van der Waals surface area contributed by atoms with Crippen LogP contribution in [0.25, 0.3) is 0 Å². The average molecular weight is 503 g/mol. The molecule has 9 nitrogen and oxygen atoms in total. The summed E-state index contributed by atoms with van der Waals surface area (Å²) in [7, 11) is 0. The first-order valence-electron chi connectivity index (χ1n) is 12.5. The lowest BCUT2D eigenvalue weighted by molar-refractivity contribution is -0.132. The predicted molar refractivity (Wildman–Crippen MR) is 142 cm³/mol. The molecular weight excluding hydrogens is 468 g/mol. The molecule has 194 valence electrons. The van der Waals surface area contributed by atoms with Gasteiger partial charge < -0.3 is 25.8 Å². The highest BCUT2D eigenvalue weighted by Crippen LogP contribution is 2.24. The van der Waals surface area contributed by atoms with Crippen LogP contribution in [-0.2, 0) is 20.8 Å². The van der Waals surface area contributed by atoms with Crippen LogP contribution >= 0.6 is 0 Å². The molecule has 1 aliphatic heterocycles. The first-order valence-corrected chi connectivity index (χ1v) is 12.5. The number of rotatable bonds is 9. The summed E-state index contributed by atoms with van der Waals surface area (Å²) in [6.45, 7) is 4.64. The molecule has 1 fully saturated rings. The highest BCUT2D eigenvalue weighted by molar-refractivity contribution is 5.98. The quantitative estimate of drug-likeness (QED) is 0.415. The summed E-state index contributed by atoms with van der Waals surface area (Å²) in [4.78, 5) is 45.5. The van der Waals surface area contributed by atoms with Gasteiger partial charge in [-0.15, -0.1) is 0 Å². The summed E-state index contributed by atoms with van der Waals surface area (Å²) < 4.78 is 1.72. The number of likely N-dealkylation sites (tertiary alicyclic amines) is 1. The molecule has 0 bridgehead atoms. The maximum Gasteiger partial charge on any atom is 0.250 e. The molecule has 3 aromatic rings. The van der Waals surface area contributed by atoms with Gasteiger partial charge in [-0.2, -0.15) is 0 Å². The molecule has 2 atom stereocenters. The smallest absolute Gasteiger partial charge is 0.250 e. The van der Waals surface area contributed by atoms with Crippen molar-refractivity contribution in [1.29, 1.82) is 0 Å². The van der Waals surface area contributed by atoms with Gasteiger partial charge in [0.1, 0.15) is 12.1 Å². The van der Waals surface area contributed by atoms with Gasteiger partial charge in [-0.05, 0) is 37.8 Å². The molecule has 2 aromatic carbocycles. The van der Waals surface area contributed by atoms with E-state index in [-0.39, 0.29) is 12.3 Å². The van der Waals surface area contributed by atoms with Crippen molar-refractivity contribution in [1.82, 2.24) is 19.8 Å². The Kier molecular flexibility index (Phi) is 8.03. The van der Waals surface area contributed by atoms with E-state index in [1.165, 1.54) is 0 Å². The minimum atomic E-state index is -1.14. The lowest BCUT2D eigenvalue weighted by atomic mass is 10.0. The zero-order valence-electron chi connectivity index (χ0n) is 21.3. The number of anilines is 1. The third-order valence-corrected chi connectivity index (χ3v) is 6.41. The lowest BCUT2D eigenvalue weighted by Crippen LogP contribution is -2.55. The Balaban J connectivity index is 1.55. The summed E-state index contributed by atoms with van der Waals surface area (Å²) >= 11 is 0. The topological polar surface area (TPSA) is 122 Å². The van der Waals surface area contributed by atoms with Crippen LogP contribution in [0.3, 0.4) is 0 Å². The van der Waals surface area contributed by atoms with E-state index in [1.54, 1.807) is 30.9 Å². The number of carbonyl (C=O) groups excluding carboxylic acids is 3. The van der Waals surface area contributed by atoms with E-state index in [1.807, 2.05) is 65.6 Å². The fourth-order valence-corrected chi connectivity index (χ4v) is 4.35. The normalized spacial score (nSPS) is 15.2. The first kappa shape index (κ1) is 26.1. The van der Waals surface area contributed by atoms with Crippen LogP contribution in [0.4, 0.5) is 5.82 Å². The van der Waals surface area contributed by atoms with Crippen LogP contribution in [0.1, 0.15) is 43.9 Å². The zero-order chi connectivity index (χ0) is 26.4. The van der Waals surface area contributed by atoms with Gasteiger partial charge in [0.2, 0.25) is 17.7 Å². The van der Waals surface area contributed by atoms with Crippen LogP contribution in [0.5, 0.6) is 0 Å². The van der Waals surface area contributed by atoms with Crippen LogP contribution in [-0.4, -0.2) is 56.8 Å². The standard InChI is InChI=1S/C28H34N6O3/c1-28(2,29)27(37)31-22(17-20-11-5-3-6-12-20)25(35)32-23-18-34(19-30-23)24(21-13-7-4-8-14-21)26(36)33-15-9-10-16-33/h3-8,11-14,18-19,22,24H,9-10,15-17,29H2,1-2H3,(H,31,37)(H,32,35)/t22-,24?/m1/s1. The number of aromatic nitrogens is 2. The Labute approximate surface area is 217 Å². The molecule has 0 saturated carbocycles. The van der Waals surface area contributed by atoms with Gasteiger partial charge >= 0.3 is 0 Å². The summed E-state index contributed by atoms with van der Waals surface area (Å²) in [6, 6.07) is 17.5. The maximum absolute atomic E-state index is 13.4. The Morgan fingerprint density at radius 2 is 1.62 bits per heavy atom. The van der Waals surface area contributed by atoms with Gasteiger partial charge in [0.25, 0.3) is 0 Å². The van der Waals surface area contributed by atoms with Gasteiger partial charge in [-0.25, -0.2) is 4.98 Å². The van der Waals surface area contributed by atoms with Crippen LogP contribution in [0.15, 0.2) is 73.2 Å². The molecule has 37 heavy (non-hydrogen) atoms. The van der Waals surface area contributed by atoms with Gasteiger partial charge in [0.05, 0.1) is 11.9 Å². The molecule has 1 aromatic heterocycles. The van der Waals surface area contributed by atoms with Crippen LogP contribution < -0.4 is 16.4 Å². The van der Waals surface area contributed by atoms with E-state index >= 15 is 0 Å². The molecule has 2 heterocycles. The van der Waals surface area contributed by atoms with Gasteiger partial charge in [0.15, 0.2) is 5.82 Å². The second-order valence-electron chi connectivity index (χ2n) is 9.98. The molecule has 0 spiro atoms. The fraction of sp³-hybridized carbons (Fsp3) is 0.357. The largest absolute Gasteiger partial charge is 0.342 e. The Hall–Kier alpha value is -3.98. The van der Waals surface area contributed by atoms with Crippen molar-refractivity contribution in [3.05, 3.63) is 84.3 Å². The molecule has 3 amide bonds. The minimum absolute atomic E-state index is 0.00151. The molecule has 1 aliphatic rings. The van der Waals surface area contributed by atoms with Crippen LogP contribution in [0, 0.1) is 0 Å². The fourth-order valence-electron chi connectivity index (χ4n) is 4.35. The van der Waals surface area contributed by atoms with Gasteiger partial charge in [-0.1, -0.05) is 60.7 Å². The zero-order valence-corrected chi connectivity index (χ0v) is 21.3. The molecule has 1 saturated heterocycles. The minimum Gasteiger partial charge on any atom is -0.342 e. The number of hydrogen-bond donors (Lipinski definition) is 3. The molecule has 0 radical (unpaired) electrons. The first-order chi connectivity index (χ1) is 17.7. The number of imidazole rings is 1. The lowest BCUT2D eigenvalue weighted by Gasteiger charge is -2.24. The molecule has 4 N–H and O–H groups in total. The average Bonchev–Trinajstić information content (AvgIpc) is 3.57. The number of carbonyl (C=O) groups is 3.